The first-order chi connectivity index (χ1) is 11.0. The number of H-pyrrole nitrogens is 1. The smallest absolute Gasteiger partial charge is 0.262 e. The topological polar surface area (TPSA) is 100 Å². The van der Waals surface area contributed by atoms with Gasteiger partial charge in [0.05, 0.1) is 11.7 Å². The Kier molecular flexibility index (Phi) is 3.84. The number of amides is 2. The molecule has 0 fully saturated rings. The number of rotatable bonds is 3. The molecule has 1 aliphatic heterocycles. The molecule has 0 spiro atoms. The molecule has 0 saturated heterocycles. The summed E-state index contributed by atoms with van der Waals surface area (Å²) < 4.78 is 5.29. The van der Waals surface area contributed by atoms with Crippen LogP contribution in [0.5, 0.6) is 5.75 Å². The van der Waals surface area contributed by atoms with Gasteiger partial charge in [0.2, 0.25) is 0 Å². The zero-order chi connectivity index (χ0) is 16.4. The molecule has 0 bridgehead atoms. The highest BCUT2D eigenvalue weighted by atomic mass is 16.5. The summed E-state index contributed by atoms with van der Waals surface area (Å²) in [5.74, 6) is -0.0918. The van der Waals surface area contributed by atoms with Crippen molar-refractivity contribution in [1.82, 2.24) is 10.3 Å². The third kappa shape index (κ3) is 3.08. The molecule has 2 amide bonds. The molecule has 0 aliphatic carbocycles. The van der Waals surface area contributed by atoms with Crippen LogP contribution in [0.2, 0.25) is 0 Å². The highest BCUT2D eigenvalue weighted by Gasteiger charge is 2.19. The Balaban J connectivity index is 1.78. The van der Waals surface area contributed by atoms with Gasteiger partial charge in [0.1, 0.15) is 11.3 Å². The van der Waals surface area contributed by atoms with Gasteiger partial charge in [-0.25, -0.2) is 0 Å². The molecule has 3 N–H and O–H groups in total. The molecule has 2 heterocycles. The number of carbonyl (C=O) groups excluding carboxylic acids is 2. The van der Waals surface area contributed by atoms with E-state index in [0.717, 1.165) is 5.56 Å². The van der Waals surface area contributed by atoms with E-state index in [1.807, 2.05) is 0 Å². The summed E-state index contributed by atoms with van der Waals surface area (Å²) in [6, 6.07) is 7.99. The van der Waals surface area contributed by atoms with Crippen molar-refractivity contribution >= 4 is 17.5 Å². The Morgan fingerprint density at radius 3 is 2.91 bits per heavy atom. The molecule has 1 aliphatic rings. The fraction of sp³-hybridized carbons (Fsp3) is 0.188. The molecule has 0 radical (unpaired) electrons. The van der Waals surface area contributed by atoms with Gasteiger partial charge in [-0.1, -0.05) is 6.07 Å². The summed E-state index contributed by atoms with van der Waals surface area (Å²) in [7, 11) is 0. The van der Waals surface area contributed by atoms with Gasteiger partial charge in [0.15, 0.2) is 6.61 Å². The first-order valence-electron chi connectivity index (χ1n) is 7.10. The molecule has 0 saturated carbocycles. The number of hydrogen-bond donors (Lipinski definition) is 3. The summed E-state index contributed by atoms with van der Waals surface area (Å²) in [4.78, 5) is 37.6. The first-order valence-corrected chi connectivity index (χ1v) is 7.10. The average molecular weight is 313 g/mol. The zero-order valence-electron chi connectivity index (χ0n) is 12.4. The van der Waals surface area contributed by atoms with Crippen molar-refractivity contribution in [2.75, 3.05) is 11.9 Å². The van der Waals surface area contributed by atoms with Gasteiger partial charge in [-0.3, -0.25) is 14.4 Å². The van der Waals surface area contributed by atoms with E-state index in [4.69, 9.17) is 4.74 Å². The molecular formula is C16H15N3O4. The van der Waals surface area contributed by atoms with E-state index in [1.54, 1.807) is 31.2 Å². The highest BCUT2D eigenvalue weighted by Crippen LogP contribution is 2.30. The molecule has 7 nitrogen and oxygen atoms in total. The second kappa shape index (κ2) is 5.96. The maximum absolute atomic E-state index is 12.2. The van der Waals surface area contributed by atoms with Crippen LogP contribution >= 0.6 is 0 Å². The van der Waals surface area contributed by atoms with E-state index in [-0.39, 0.29) is 24.1 Å². The number of nitrogens with one attached hydrogen (secondary N) is 3. The van der Waals surface area contributed by atoms with Crippen LogP contribution in [-0.4, -0.2) is 23.4 Å². The molecule has 1 atom stereocenters. The van der Waals surface area contributed by atoms with Crippen molar-refractivity contribution in [2.24, 2.45) is 0 Å². The van der Waals surface area contributed by atoms with Gasteiger partial charge in [-0.15, -0.1) is 0 Å². The summed E-state index contributed by atoms with van der Waals surface area (Å²) in [5, 5.41) is 5.48. The van der Waals surface area contributed by atoms with Crippen LogP contribution in [0.3, 0.4) is 0 Å². The van der Waals surface area contributed by atoms with E-state index in [9.17, 15) is 14.4 Å². The molecule has 1 aromatic carbocycles. The molecular weight excluding hydrogens is 298 g/mol. The summed E-state index contributed by atoms with van der Waals surface area (Å²) in [5.41, 5.74) is 0.963. The van der Waals surface area contributed by atoms with Gasteiger partial charge < -0.3 is 20.4 Å². The van der Waals surface area contributed by atoms with E-state index < -0.39 is 11.5 Å². The summed E-state index contributed by atoms with van der Waals surface area (Å²) in [6.07, 6.45) is 1.47. The lowest BCUT2D eigenvalue weighted by Gasteiger charge is -2.20. The molecule has 1 unspecified atom stereocenters. The number of hydrogen-bond acceptors (Lipinski definition) is 4. The second-order valence-electron chi connectivity index (χ2n) is 5.20. The highest BCUT2D eigenvalue weighted by molar-refractivity contribution is 5.96. The summed E-state index contributed by atoms with van der Waals surface area (Å²) in [6.45, 7) is 1.79. The quantitative estimate of drug-likeness (QED) is 0.792. The molecule has 2 aromatic rings. The number of benzene rings is 1. The number of aromatic amines is 1. The minimum atomic E-state index is -0.461. The second-order valence-corrected chi connectivity index (χ2v) is 5.20. The van der Waals surface area contributed by atoms with E-state index in [0.29, 0.717) is 11.4 Å². The third-order valence-electron chi connectivity index (χ3n) is 3.55. The fourth-order valence-corrected chi connectivity index (χ4v) is 2.33. The van der Waals surface area contributed by atoms with Gasteiger partial charge in [0, 0.05) is 6.20 Å². The van der Waals surface area contributed by atoms with E-state index in [2.05, 4.69) is 15.6 Å². The molecule has 23 heavy (non-hydrogen) atoms. The molecule has 3 rings (SSSR count). The predicted molar refractivity (Wildman–Crippen MR) is 83.5 cm³/mol. The third-order valence-corrected chi connectivity index (χ3v) is 3.55. The van der Waals surface area contributed by atoms with Crippen molar-refractivity contribution in [3.63, 3.8) is 0 Å². The number of aromatic nitrogens is 1. The Morgan fingerprint density at radius 1 is 1.30 bits per heavy atom. The first kappa shape index (κ1) is 14.8. The molecule has 118 valence electrons. The molecule has 7 heteroatoms. The number of ether oxygens (including phenoxy) is 1. The normalized spacial score (nSPS) is 14.2. The largest absolute Gasteiger partial charge is 0.482 e. The SMILES string of the molecule is CC(NC(=O)c1ccc[nH]c1=O)c1ccc2c(c1)NC(=O)CO2. The number of anilines is 1. The van der Waals surface area contributed by atoms with Crippen molar-refractivity contribution in [2.45, 2.75) is 13.0 Å². The van der Waals surface area contributed by atoms with Crippen LogP contribution in [-0.2, 0) is 4.79 Å². The lowest BCUT2D eigenvalue weighted by molar-refractivity contribution is -0.118. The standard InChI is InChI=1S/C16H15N3O4/c1-9(18-16(22)11-3-2-6-17-15(11)21)10-4-5-13-12(7-10)19-14(20)8-23-13/h2-7,9H,8H2,1H3,(H,17,21)(H,18,22)(H,19,20). The van der Waals surface area contributed by atoms with Crippen molar-refractivity contribution in [3.05, 3.63) is 58.0 Å². The monoisotopic (exact) mass is 313 g/mol. The Labute approximate surface area is 131 Å². The van der Waals surface area contributed by atoms with Crippen LogP contribution in [0.15, 0.2) is 41.3 Å². The minimum Gasteiger partial charge on any atom is -0.482 e. The van der Waals surface area contributed by atoms with Crippen LogP contribution < -0.4 is 20.9 Å². The maximum Gasteiger partial charge on any atom is 0.262 e. The Morgan fingerprint density at radius 2 is 2.13 bits per heavy atom. The van der Waals surface area contributed by atoms with Crippen LogP contribution in [0, 0.1) is 0 Å². The summed E-state index contributed by atoms with van der Waals surface area (Å²) >= 11 is 0. The Bertz CT molecular complexity index is 828. The Hall–Kier alpha value is -3.09. The van der Waals surface area contributed by atoms with Crippen LogP contribution in [0.1, 0.15) is 28.9 Å². The predicted octanol–water partition coefficient (Wildman–Crippen LogP) is 1.20. The lowest BCUT2D eigenvalue weighted by atomic mass is 10.1. The van der Waals surface area contributed by atoms with Gasteiger partial charge >= 0.3 is 0 Å². The van der Waals surface area contributed by atoms with Gasteiger partial charge in [-0.2, -0.15) is 0 Å². The number of pyridine rings is 1. The van der Waals surface area contributed by atoms with Crippen molar-refractivity contribution in [3.8, 4) is 5.75 Å². The van der Waals surface area contributed by atoms with Crippen LogP contribution in [0.25, 0.3) is 0 Å². The van der Waals surface area contributed by atoms with Crippen molar-refractivity contribution < 1.29 is 14.3 Å². The minimum absolute atomic E-state index is 0.00454. The number of fused-ring (bicyclic) bond motifs is 1. The molecule has 1 aromatic heterocycles. The van der Waals surface area contributed by atoms with Crippen LogP contribution in [0.4, 0.5) is 5.69 Å². The van der Waals surface area contributed by atoms with E-state index in [1.165, 1.54) is 12.3 Å². The van der Waals surface area contributed by atoms with E-state index >= 15 is 0 Å². The average Bonchev–Trinajstić information content (AvgIpc) is 2.54. The zero-order valence-corrected chi connectivity index (χ0v) is 12.4. The van der Waals surface area contributed by atoms with Gasteiger partial charge in [0.25, 0.3) is 17.4 Å². The maximum atomic E-state index is 12.2. The van der Waals surface area contributed by atoms with Crippen molar-refractivity contribution in [1.29, 1.82) is 0 Å². The lowest BCUT2D eigenvalue weighted by Crippen LogP contribution is -2.31. The fourth-order valence-electron chi connectivity index (χ4n) is 2.33. The number of carbonyl (C=O) groups is 2. The van der Waals surface area contributed by atoms with Gasteiger partial charge in [-0.05, 0) is 36.8 Å².